The van der Waals surface area contributed by atoms with E-state index in [9.17, 15) is 14.4 Å². The van der Waals surface area contributed by atoms with E-state index in [1.165, 1.54) is 30.0 Å². The standard InChI is InChI=1S/C18H14ClFN2O2S/c1-24-16-8-11(3-6-17(16)25-2)7-12(10-21)18(23)22-13-4-5-15(20)14(19)9-13/h3-9H,1-2H3,(H,22,23). The first kappa shape index (κ1) is 18.8. The van der Waals surface area contributed by atoms with Crippen molar-refractivity contribution in [3.05, 3.63) is 58.4 Å². The minimum atomic E-state index is -0.613. The molecule has 0 heterocycles. The third-order valence-electron chi connectivity index (χ3n) is 3.26. The van der Waals surface area contributed by atoms with Gasteiger partial charge < -0.3 is 10.1 Å². The maximum Gasteiger partial charge on any atom is 0.266 e. The number of hydrogen-bond donors (Lipinski definition) is 1. The quantitative estimate of drug-likeness (QED) is 0.464. The van der Waals surface area contributed by atoms with Crippen LogP contribution in [-0.4, -0.2) is 19.3 Å². The Labute approximate surface area is 154 Å². The van der Waals surface area contributed by atoms with Gasteiger partial charge in [0.25, 0.3) is 5.91 Å². The molecule has 1 N–H and O–H groups in total. The lowest BCUT2D eigenvalue weighted by atomic mass is 10.1. The Morgan fingerprint density at radius 3 is 2.72 bits per heavy atom. The minimum absolute atomic E-state index is 0.0978. The third-order valence-corrected chi connectivity index (χ3v) is 4.33. The zero-order valence-corrected chi connectivity index (χ0v) is 15.0. The van der Waals surface area contributed by atoms with Crippen LogP contribution in [0.25, 0.3) is 6.08 Å². The number of ether oxygens (including phenoxy) is 1. The summed E-state index contributed by atoms with van der Waals surface area (Å²) in [7, 11) is 1.55. The molecule has 0 unspecified atom stereocenters. The fourth-order valence-corrected chi connectivity index (χ4v) is 2.76. The van der Waals surface area contributed by atoms with Gasteiger partial charge in [0.05, 0.1) is 12.1 Å². The lowest BCUT2D eigenvalue weighted by Gasteiger charge is -2.08. The molecular formula is C18H14ClFN2O2S. The number of methoxy groups -OCH3 is 1. The van der Waals surface area contributed by atoms with Gasteiger partial charge in [-0.05, 0) is 48.2 Å². The van der Waals surface area contributed by atoms with Crippen molar-refractivity contribution >= 4 is 41.0 Å². The first-order valence-corrected chi connectivity index (χ1v) is 8.69. The number of nitrogens with zero attached hydrogens (tertiary/aromatic N) is 1. The number of carbonyl (C=O) groups excluding carboxylic acids is 1. The number of benzene rings is 2. The van der Waals surface area contributed by atoms with Gasteiger partial charge in [-0.15, -0.1) is 11.8 Å². The van der Waals surface area contributed by atoms with E-state index < -0.39 is 11.7 Å². The Kier molecular flexibility index (Phi) is 6.45. The number of carbonyl (C=O) groups is 1. The molecule has 0 spiro atoms. The van der Waals surface area contributed by atoms with Gasteiger partial charge in [-0.3, -0.25) is 4.79 Å². The van der Waals surface area contributed by atoms with E-state index >= 15 is 0 Å². The van der Waals surface area contributed by atoms with E-state index in [1.54, 1.807) is 19.2 Å². The summed E-state index contributed by atoms with van der Waals surface area (Å²) >= 11 is 7.21. The van der Waals surface area contributed by atoms with Crippen LogP contribution in [0.5, 0.6) is 5.75 Å². The van der Waals surface area contributed by atoms with Crippen LogP contribution in [0.4, 0.5) is 10.1 Å². The first-order valence-electron chi connectivity index (χ1n) is 7.08. The second-order valence-electron chi connectivity index (χ2n) is 4.87. The molecule has 128 valence electrons. The summed E-state index contributed by atoms with van der Waals surface area (Å²) in [4.78, 5) is 13.2. The number of nitrogens with one attached hydrogen (secondary N) is 1. The fourth-order valence-electron chi connectivity index (χ4n) is 2.03. The van der Waals surface area contributed by atoms with Crippen LogP contribution in [-0.2, 0) is 4.79 Å². The summed E-state index contributed by atoms with van der Waals surface area (Å²) in [6.07, 6.45) is 3.38. The largest absolute Gasteiger partial charge is 0.496 e. The highest BCUT2D eigenvalue weighted by molar-refractivity contribution is 7.98. The topological polar surface area (TPSA) is 62.1 Å². The second-order valence-corrected chi connectivity index (χ2v) is 6.12. The average Bonchev–Trinajstić information content (AvgIpc) is 2.62. The highest BCUT2D eigenvalue weighted by Crippen LogP contribution is 2.29. The molecule has 0 saturated heterocycles. The number of amides is 1. The lowest BCUT2D eigenvalue weighted by Crippen LogP contribution is -2.13. The fraction of sp³-hybridized carbons (Fsp3) is 0.111. The maximum atomic E-state index is 13.2. The molecule has 0 aromatic heterocycles. The molecule has 7 heteroatoms. The van der Waals surface area contributed by atoms with Crippen LogP contribution in [0.15, 0.2) is 46.9 Å². The number of halogens is 2. The Morgan fingerprint density at radius 2 is 2.12 bits per heavy atom. The van der Waals surface area contributed by atoms with E-state index in [-0.39, 0.29) is 10.6 Å². The van der Waals surface area contributed by atoms with Crippen LogP contribution in [0.1, 0.15) is 5.56 Å². The smallest absolute Gasteiger partial charge is 0.266 e. The minimum Gasteiger partial charge on any atom is -0.496 e. The summed E-state index contributed by atoms with van der Waals surface area (Å²) in [6.45, 7) is 0. The summed E-state index contributed by atoms with van der Waals surface area (Å²) in [5.41, 5.74) is 0.853. The Hall–Kier alpha value is -2.49. The van der Waals surface area contributed by atoms with Gasteiger partial charge in [0.15, 0.2) is 0 Å². The summed E-state index contributed by atoms with van der Waals surface area (Å²) in [5, 5.41) is 11.7. The zero-order chi connectivity index (χ0) is 18.4. The molecular weight excluding hydrogens is 363 g/mol. The Bertz CT molecular complexity index is 878. The molecule has 0 fully saturated rings. The van der Waals surface area contributed by atoms with Crippen molar-refractivity contribution < 1.29 is 13.9 Å². The number of nitriles is 1. The zero-order valence-electron chi connectivity index (χ0n) is 13.5. The molecule has 25 heavy (non-hydrogen) atoms. The molecule has 0 radical (unpaired) electrons. The monoisotopic (exact) mass is 376 g/mol. The van der Waals surface area contributed by atoms with E-state index in [2.05, 4.69) is 5.32 Å². The van der Waals surface area contributed by atoms with Crippen molar-refractivity contribution in [2.75, 3.05) is 18.7 Å². The van der Waals surface area contributed by atoms with Crippen molar-refractivity contribution in [3.8, 4) is 11.8 Å². The summed E-state index contributed by atoms with van der Waals surface area (Å²) in [5.74, 6) is -0.543. The normalized spacial score (nSPS) is 10.9. The van der Waals surface area contributed by atoms with E-state index in [0.717, 1.165) is 11.0 Å². The maximum absolute atomic E-state index is 13.2. The van der Waals surface area contributed by atoms with Gasteiger partial charge in [0.2, 0.25) is 0 Å². The van der Waals surface area contributed by atoms with E-state index in [0.29, 0.717) is 17.0 Å². The van der Waals surface area contributed by atoms with Crippen molar-refractivity contribution in [2.45, 2.75) is 4.90 Å². The highest BCUT2D eigenvalue weighted by Gasteiger charge is 2.11. The van der Waals surface area contributed by atoms with Crippen LogP contribution in [0, 0.1) is 17.1 Å². The predicted octanol–water partition coefficient (Wildman–Crippen LogP) is 4.76. The summed E-state index contributed by atoms with van der Waals surface area (Å²) in [6, 6.07) is 11.0. The van der Waals surface area contributed by atoms with Crippen LogP contribution >= 0.6 is 23.4 Å². The lowest BCUT2D eigenvalue weighted by molar-refractivity contribution is -0.112. The number of rotatable bonds is 5. The molecule has 4 nitrogen and oxygen atoms in total. The predicted molar refractivity (Wildman–Crippen MR) is 98.4 cm³/mol. The second kappa shape index (κ2) is 8.56. The molecule has 0 saturated carbocycles. The molecule has 1 amide bonds. The summed E-state index contributed by atoms with van der Waals surface area (Å²) < 4.78 is 18.4. The Morgan fingerprint density at radius 1 is 1.36 bits per heavy atom. The van der Waals surface area contributed by atoms with Crippen molar-refractivity contribution in [1.82, 2.24) is 0 Å². The van der Waals surface area contributed by atoms with Gasteiger partial charge in [0.1, 0.15) is 23.2 Å². The van der Waals surface area contributed by atoms with Gasteiger partial charge >= 0.3 is 0 Å². The van der Waals surface area contributed by atoms with Gasteiger partial charge in [-0.2, -0.15) is 5.26 Å². The van der Waals surface area contributed by atoms with Crippen molar-refractivity contribution in [1.29, 1.82) is 5.26 Å². The van der Waals surface area contributed by atoms with Crippen molar-refractivity contribution in [3.63, 3.8) is 0 Å². The first-order chi connectivity index (χ1) is 12.0. The highest BCUT2D eigenvalue weighted by atomic mass is 35.5. The average molecular weight is 377 g/mol. The molecule has 2 rings (SSSR count). The molecule has 0 bridgehead atoms. The van der Waals surface area contributed by atoms with Crippen LogP contribution in [0.3, 0.4) is 0 Å². The number of thioether (sulfide) groups is 1. The van der Waals surface area contributed by atoms with Gasteiger partial charge in [0, 0.05) is 10.6 Å². The molecule has 2 aromatic carbocycles. The van der Waals surface area contributed by atoms with Gasteiger partial charge in [-0.25, -0.2) is 4.39 Å². The molecule has 0 atom stereocenters. The van der Waals surface area contributed by atoms with Gasteiger partial charge in [-0.1, -0.05) is 17.7 Å². The Balaban J connectivity index is 2.26. The molecule has 2 aromatic rings. The number of anilines is 1. The molecule has 0 aliphatic carbocycles. The third kappa shape index (κ3) is 4.75. The van der Waals surface area contributed by atoms with E-state index in [4.69, 9.17) is 16.3 Å². The van der Waals surface area contributed by atoms with Crippen LogP contribution in [0.2, 0.25) is 5.02 Å². The van der Waals surface area contributed by atoms with Crippen LogP contribution < -0.4 is 10.1 Å². The molecule has 0 aliphatic rings. The molecule has 0 aliphatic heterocycles. The number of hydrogen-bond acceptors (Lipinski definition) is 4. The van der Waals surface area contributed by atoms with E-state index in [1.807, 2.05) is 18.4 Å². The van der Waals surface area contributed by atoms with Crippen molar-refractivity contribution in [2.24, 2.45) is 0 Å². The SMILES string of the molecule is COc1cc(C=C(C#N)C(=O)Nc2ccc(F)c(Cl)c2)ccc1SC.